The van der Waals surface area contributed by atoms with Crippen LogP contribution in [0.4, 0.5) is 0 Å². The first-order valence-corrected chi connectivity index (χ1v) is 11.7. The normalized spacial score (nSPS) is 33.8. The monoisotopic (exact) mass is 412 g/mol. The Labute approximate surface area is 178 Å². The van der Waals surface area contributed by atoms with Gasteiger partial charge in [0.25, 0.3) is 0 Å². The Balaban J connectivity index is 1.20. The highest BCUT2D eigenvalue weighted by molar-refractivity contribution is 5.95. The summed E-state index contributed by atoms with van der Waals surface area (Å²) in [7, 11) is 0. The molecule has 4 aliphatic rings. The second-order valence-electron chi connectivity index (χ2n) is 10.1. The molecular weight excluding hydrogens is 380 g/mol. The van der Waals surface area contributed by atoms with Crippen molar-refractivity contribution in [3.8, 4) is 0 Å². The van der Waals surface area contributed by atoms with E-state index in [1.807, 2.05) is 0 Å². The largest absolute Gasteiger partial charge is 0.462 e. The van der Waals surface area contributed by atoms with Gasteiger partial charge in [-0.1, -0.05) is 12.8 Å². The van der Waals surface area contributed by atoms with E-state index in [1.165, 1.54) is 38.5 Å². The summed E-state index contributed by atoms with van der Waals surface area (Å²) in [5.74, 6) is 3.12. The number of fused-ring (bicyclic) bond motifs is 4. The van der Waals surface area contributed by atoms with Crippen LogP contribution in [0, 0.1) is 35.5 Å². The van der Waals surface area contributed by atoms with E-state index >= 15 is 0 Å². The van der Waals surface area contributed by atoms with E-state index in [9.17, 15) is 14.7 Å². The summed E-state index contributed by atoms with van der Waals surface area (Å²) in [5, 5.41) is 9.59. The minimum Gasteiger partial charge on any atom is -0.462 e. The minimum atomic E-state index is -0.421. The van der Waals surface area contributed by atoms with Gasteiger partial charge >= 0.3 is 11.9 Å². The van der Waals surface area contributed by atoms with E-state index in [0.29, 0.717) is 53.6 Å². The highest BCUT2D eigenvalue weighted by Gasteiger charge is 2.41. The molecule has 5 nitrogen and oxygen atoms in total. The first-order valence-electron chi connectivity index (χ1n) is 11.7. The lowest BCUT2D eigenvalue weighted by Crippen LogP contribution is -2.21. The quantitative estimate of drug-likeness (QED) is 0.674. The Kier molecular flexibility index (Phi) is 5.57. The second kappa shape index (κ2) is 8.33. The summed E-state index contributed by atoms with van der Waals surface area (Å²) >= 11 is 0. The van der Waals surface area contributed by atoms with Crippen molar-refractivity contribution in [3.63, 3.8) is 0 Å². The van der Waals surface area contributed by atoms with Crippen LogP contribution in [0.25, 0.3) is 0 Å². The summed E-state index contributed by atoms with van der Waals surface area (Å²) in [5.41, 5.74) is 1.16. The molecular formula is C25H32O5. The molecule has 0 spiro atoms. The van der Waals surface area contributed by atoms with Crippen molar-refractivity contribution in [1.29, 1.82) is 0 Å². The van der Waals surface area contributed by atoms with Crippen molar-refractivity contribution >= 4 is 11.9 Å². The fourth-order valence-corrected chi connectivity index (χ4v) is 6.71. The lowest BCUT2D eigenvalue weighted by molar-refractivity contribution is 0.0391. The number of rotatable bonds is 7. The molecule has 0 heterocycles. The molecule has 0 saturated heterocycles. The highest BCUT2D eigenvalue weighted by Crippen LogP contribution is 2.49. The summed E-state index contributed by atoms with van der Waals surface area (Å²) in [6.07, 6.45) is 10.0. The summed E-state index contributed by atoms with van der Waals surface area (Å²) in [6, 6.07) is 4.76. The van der Waals surface area contributed by atoms with Crippen LogP contribution >= 0.6 is 0 Å². The smallest absolute Gasteiger partial charge is 0.338 e. The molecule has 1 N–H and O–H groups in total. The van der Waals surface area contributed by atoms with Crippen LogP contribution in [0.15, 0.2) is 18.2 Å². The first kappa shape index (κ1) is 20.0. The Bertz CT molecular complexity index is 756. The van der Waals surface area contributed by atoms with Gasteiger partial charge in [-0.2, -0.15) is 0 Å². The molecule has 6 atom stereocenters. The summed E-state index contributed by atoms with van der Waals surface area (Å²) in [4.78, 5) is 25.3. The van der Waals surface area contributed by atoms with Crippen molar-refractivity contribution in [2.75, 3.05) is 13.2 Å². The van der Waals surface area contributed by atoms with Gasteiger partial charge in [0.05, 0.1) is 30.9 Å². The molecule has 162 valence electrons. The van der Waals surface area contributed by atoms with Gasteiger partial charge in [0.1, 0.15) is 0 Å². The maximum Gasteiger partial charge on any atom is 0.338 e. The van der Waals surface area contributed by atoms with Crippen LogP contribution in [-0.4, -0.2) is 30.3 Å². The molecule has 4 aliphatic carbocycles. The van der Waals surface area contributed by atoms with E-state index in [-0.39, 0.29) is 6.61 Å². The Morgan fingerprint density at radius 2 is 1.27 bits per heavy atom. The van der Waals surface area contributed by atoms with Crippen molar-refractivity contribution in [1.82, 2.24) is 0 Å². The second-order valence-corrected chi connectivity index (χ2v) is 10.1. The SMILES string of the molecule is O=C(OC[C@@H]1C[C@H]2CC[C@@H]1C2)c1cc(CO)cc(C(=O)OC[C@@H]2C[C@H]3CC[C@@H]2C3)c1. The molecule has 0 unspecified atom stereocenters. The molecule has 0 radical (unpaired) electrons. The van der Waals surface area contributed by atoms with Crippen LogP contribution < -0.4 is 0 Å². The average molecular weight is 413 g/mol. The third-order valence-electron chi connectivity index (χ3n) is 8.27. The summed E-state index contributed by atoms with van der Waals surface area (Å²) < 4.78 is 11.2. The van der Waals surface area contributed by atoms with Gasteiger partial charge in [-0.3, -0.25) is 0 Å². The first-order chi connectivity index (χ1) is 14.6. The van der Waals surface area contributed by atoms with Gasteiger partial charge < -0.3 is 14.6 Å². The van der Waals surface area contributed by atoms with Gasteiger partial charge in [0, 0.05) is 0 Å². The number of carbonyl (C=O) groups excluding carboxylic acids is 2. The number of ether oxygens (including phenoxy) is 2. The maximum absolute atomic E-state index is 12.6. The van der Waals surface area contributed by atoms with Gasteiger partial charge in [-0.05, 0) is 97.8 Å². The maximum atomic E-state index is 12.6. The van der Waals surface area contributed by atoms with Crippen LogP contribution in [0.2, 0.25) is 0 Å². The van der Waals surface area contributed by atoms with E-state index < -0.39 is 11.9 Å². The fourth-order valence-electron chi connectivity index (χ4n) is 6.71. The van der Waals surface area contributed by atoms with Crippen molar-refractivity contribution < 1.29 is 24.2 Å². The van der Waals surface area contributed by atoms with Crippen LogP contribution in [0.1, 0.15) is 77.6 Å². The standard InChI is InChI=1S/C25H32O5/c26-12-17-9-20(24(27)29-13-22-7-15-1-3-18(22)5-15)11-21(10-17)25(28)30-14-23-8-16-2-4-19(23)6-16/h9-11,15-16,18-19,22-23,26H,1-8,12-14H2/t15-,16-,18+,19+,22-,23-/m0/s1. The van der Waals surface area contributed by atoms with Gasteiger partial charge in [0.2, 0.25) is 0 Å². The van der Waals surface area contributed by atoms with E-state index in [1.54, 1.807) is 18.2 Å². The van der Waals surface area contributed by atoms with Crippen molar-refractivity contribution in [2.24, 2.45) is 35.5 Å². The predicted octanol–water partition coefficient (Wildman–Crippen LogP) is 4.36. The highest BCUT2D eigenvalue weighted by atomic mass is 16.5. The molecule has 0 aliphatic heterocycles. The van der Waals surface area contributed by atoms with Gasteiger partial charge in [0.15, 0.2) is 0 Å². The number of carbonyl (C=O) groups is 2. The van der Waals surface area contributed by atoms with Gasteiger partial charge in [-0.25, -0.2) is 9.59 Å². The molecule has 5 heteroatoms. The number of hydrogen-bond donors (Lipinski definition) is 1. The lowest BCUT2D eigenvalue weighted by Gasteiger charge is -2.21. The third kappa shape index (κ3) is 4.01. The van der Waals surface area contributed by atoms with Gasteiger partial charge in [-0.15, -0.1) is 0 Å². The average Bonchev–Trinajstić information content (AvgIpc) is 3.57. The third-order valence-corrected chi connectivity index (χ3v) is 8.27. The molecule has 1 aromatic carbocycles. The zero-order chi connectivity index (χ0) is 20.7. The number of esters is 2. The minimum absolute atomic E-state index is 0.236. The molecule has 1 aromatic rings. The van der Waals surface area contributed by atoms with E-state index in [2.05, 4.69) is 0 Å². The van der Waals surface area contributed by atoms with E-state index in [0.717, 1.165) is 24.7 Å². The fraction of sp³-hybridized carbons (Fsp3) is 0.680. The van der Waals surface area contributed by atoms with Crippen LogP contribution in [0.3, 0.4) is 0 Å². The number of aliphatic hydroxyl groups excluding tert-OH is 1. The molecule has 0 aromatic heterocycles. The van der Waals surface area contributed by atoms with Crippen molar-refractivity contribution in [2.45, 2.75) is 58.0 Å². The molecule has 30 heavy (non-hydrogen) atoms. The van der Waals surface area contributed by atoms with Crippen LogP contribution in [0.5, 0.6) is 0 Å². The predicted molar refractivity (Wildman–Crippen MR) is 111 cm³/mol. The molecule has 5 rings (SSSR count). The molecule has 4 bridgehead atoms. The zero-order valence-corrected chi connectivity index (χ0v) is 17.6. The Morgan fingerprint density at radius 3 is 1.63 bits per heavy atom. The molecule has 0 amide bonds. The van der Waals surface area contributed by atoms with E-state index in [4.69, 9.17) is 9.47 Å². The number of hydrogen-bond acceptors (Lipinski definition) is 5. The number of aliphatic hydroxyl groups is 1. The lowest BCUT2D eigenvalue weighted by atomic mass is 9.89. The zero-order valence-electron chi connectivity index (χ0n) is 17.6. The number of benzene rings is 1. The molecule has 4 fully saturated rings. The molecule has 4 saturated carbocycles. The Hall–Kier alpha value is -1.88. The summed E-state index contributed by atoms with van der Waals surface area (Å²) in [6.45, 7) is 0.668. The topological polar surface area (TPSA) is 72.8 Å². The van der Waals surface area contributed by atoms with Crippen LogP contribution in [-0.2, 0) is 16.1 Å². The Morgan fingerprint density at radius 1 is 0.767 bits per heavy atom. The van der Waals surface area contributed by atoms with Crippen molar-refractivity contribution in [3.05, 3.63) is 34.9 Å².